The first kappa shape index (κ1) is 14.2. The molecule has 0 bridgehead atoms. The molecule has 2 aromatic rings. The van der Waals surface area contributed by atoms with Gasteiger partial charge in [0.2, 0.25) is 0 Å². The van der Waals surface area contributed by atoms with Crippen LogP contribution in [-0.2, 0) is 9.53 Å². The molecule has 0 saturated heterocycles. The number of hydrogen-bond acceptors (Lipinski definition) is 5. The number of ether oxygens (including phenoxy) is 1. The average Bonchev–Trinajstić information content (AvgIpc) is 3.04. The predicted octanol–water partition coefficient (Wildman–Crippen LogP) is 3.02. The van der Waals surface area contributed by atoms with Crippen molar-refractivity contribution < 1.29 is 18.4 Å². The molecule has 1 unspecified atom stereocenters. The van der Waals surface area contributed by atoms with Crippen LogP contribution in [0.4, 0.5) is 4.39 Å². The predicted molar refractivity (Wildman–Crippen MR) is 76.3 cm³/mol. The molecule has 1 aromatic carbocycles. The number of nitrogens with zero attached hydrogens (tertiary/aromatic N) is 2. The fourth-order valence-electron chi connectivity index (χ4n) is 2.25. The second kappa shape index (κ2) is 5.93. The van der Waals surface area contributed by atoms with E-state index in [1.807, 2.05) is 6.08 Å². The molecule has 5 nitrogen and oxygen atoms in total. The molecule has 0 N–H and O–H groups in total. The van der Waals surface area contributed by atoms with Gasteiger partial charge in [-0.2, -0.15) is 4.98 Å². The van der Waals surface area contributed by atoms with Crippen molar-refractivity contribution in [3.05, 3.63) is 59.7 Å². The second-order valence-corrected chi connectivity index (χ2v) is 4.80. The Morgan fingerprint density at radius 3 is 3.00 bits per heavy atom. The SMILES string of the molecule is COC(=O)C1=CC(c2noc(-c3ccccc3F)n2)CC=C1. The molecule has 0 saturated carbocycles. The van der Waals surface area contributed by atoms with Crippen molar-refractivity contribution in [2.75, 3.05) is 7.11 Å². The van der Waals surface area contributed by atoms with Gasteiger partial charge >= 0.3 is 5.97 Å². The van der Waals surface area contributed by atoms with E-state index in [0.29, 0.717) is 17.8 Å². The standard InChI is InChI=1S/C16H13FN2O3/c1-21-16(20)11-6-4-5-10(9-11)14-18-15(22-19-14)12-7-2-3-8-13(12)17/h2-4,6-10H,5H2,1H3. The third kappa shape index (κ3) is 2.67. The average molecular weight is 300 g/mol. The molecule has 0 amide bonds. The summed E-state index contributed by atoms with van der Waals surface area (Å²) < 4.78 is 23.6. The van der Waals surface area contributed by atoms with Gasteiger partial charge in [0.1, 0.15) is 5.82 Å². The lowest BCUT2D eigenvalue weighted by molar-refractivity contribution is -0.135. The lowest BCUT2D eigenvalue weighted by Crippen LogP contribution is -2.09. The summed E-state index contributed by atoms with van der Waals surface area (Å²) in [5.41, 5.74) is 0.695. The molecule has 1 atom stereocenters. The molecular formula is C16H13FN2O3. The Morgan fingerprint density at radius 1 is 1.41 bits per heavy atom. The minimum Gasteiger partial charge on any atom is -0.465 e. The topological polar surface area (TPSA) is 65.2 Å². The van der Waals surface area contributed by atoms with Gasteiger partial charge in [0.15, 0.2) is 5.82 Å². The van der Waals surface area contributed by atoms with Crippen LogP contribution in [-0.4, -0.2) is 23.2 Å². The van der Waals surface area contributed by atoms with Crippen LogP contribution in [0.5, 0.6) is 0 Å². The molecule has 112 valence electrons. The number of methoxy groups -OCH3 is 1. The maximum atomic E-state index is 13.7. The quantitative estimate of drug-likeness (QED) is 0.815. The second-order valence-electron chi connectivity index (χ2n) is 4.80. The minimum atomic E-state index is -0.424. The fraction of sp³-hybridized carbons (Fsp3) is 0.188. The Labute approximate surface area is 126 Å². The Bertz CT molecular complexity index is 764. The highest BCUT2D eigenvalue weighted by Gasteiger charge is 2.22. The fourth-order valence-corrected chi connectivity index (χ4v) is 2.25. The summed E-state index contributed by atoms with van der Waals surface area (Å²) in [4.78, 5) is 15.8. The van der Waals surface area contributed by atoms with Crippen LogP contribution < -0.4 is 0 Å². The summed E-state index contributed by atoms with van der Waals surface area (Å²) in [6, 6.07) is 6.19. The largest absolute Gasteiger partial charge is 0.465 e. The molecule has 1 heterocycles. The van der Waals surface area contributed by atoms with Gasteiger partial charge in [0, 0.05) is 5.92 Å². The van der Waals surface area contributed by atoms with Gasteiger partial charge in [-0.15, -0.1) is 0 Å². The Balaban J connectivity index is 1.89. The van der Waals surface area contributed by atoms with Gasteiger partial charge in [-0.05, 0) is 18.6 Å². The minimum absolute atomic E-state index is 0.121. The molecule has 1 aliphatic carbocycles. The van der Waals surface area contributed by atoms with E-state index < -0.39 is 11.8 Å². The van der Waals surface area contributed by atoms with Crippen molar-refractivity contribution in [3.8, 4) is 11.5 Å². The Hall–Kier alpha value is -2.76. The Morgan fingerprint density at radius 2 is 2.23 bits per heavy atom. The summed E-state index contributed by atoms with van der Waals surface area (Å²) in [5.74, 6) is -0.520. The monoisotopic (exact) mass is 300 g/mol. The van der Waals surface area contributed by atoms with E-state index in [2.05, 4.69) is 10.1 Å². The maximum absolute atomic E-state index is 13.7. The number of aromatic nitrogens is 2. The van der Waals surface area contributed by atoms with Gasteiger partial charge in [0.05, 0.1) is 18.2 Å². The van der Waals surface area contributed by atoms with E-state index in [1.165, 1.54) is 13.2 Å². The molecule has 0 spiro atoms. The van der Waals surface area contributed by atoms with Crippen molar-refractivity contribution in [3.63, 3.8) is 0 Å². The first-order valence-corrected chi connectivity index (χ1v) is 6.74. The Kier molecular flexibility index (Phi) is 3.82. The lowest BCUT2D eigenvalue weighted by Gasteiger charge is -2.11. The van der Waals surface area contributed by atoms with Crippen LogP contribution in [0, 0.1) is 5.82 Å². The molecule has 6 heteroatoms. The molecule has 1 aliphatic rings. The van der Waals surface area contributed by atoms with Gasteiger partial charge in [-0.25, -0.2) is 9.18 Å². The number of esters is 1. The number of benzene rings is 1. The molecular weight excluding hydrogens is 287 g/mol. The van der Waals surface area contributed by atoms with Crippen LogP contribution in [0.25, 0.3) is 11.5 Å². The molecule has 0 aliphatic heterocycles. The molecule has 3 rings (SSSR count). The van der Waals surface area contributed by atoms with Crippen molar-refractivity contribution in [2.24, 2.45) is 0 Å². The highest BCUT2D eigenvalue weighted by molar-refractivity contribution is 5.91. The van der Waals surface area contributed by atoms with Crippen molar-refractivity contribution in [1.82, 2.24) is 10.1 Å². The van der Waals surface area contributed by atoms with Crippen molar-refractivity contribution in [1.29, 1.82) is 0 Å². The lowest BCUT2D eigenvalue weighted by atomic mass is 9.95. The molecule has 0 radical (unpaired) electrons. The van der Waals surface area contributed by atoms with Crippen LogP contribution in [0.2, 0.25) is 0 Å². The first-order valence-electron chi connectivity index (χ1n) is 6.74. The van der Waals surface area contributed by atoms with Crippen LogP contribution in [0.1, 0.15) is 18.2 Å². The molecule has 1 aromatic heterocycles. The van der Waals surface area contributed by atoms with E-state index in [4.69, 9.17) is 9.26 Å². The van der Waals surface area contributed by atoms with Crippen LogP contribution in [0.3, 0.4) is 0 Å². The zero-order chi connectivity index (χ0) is 15.5. The van der Waals surface area contributed by atoms with Crippen LogP contribution in [0.15, 0.2) is 52.6 Å². The summed E-state index contributed by atoms with van der Waals surface area (Å²) in [5, 5.41) is 3.89. The number of hydrogen-bond donors (Lipinski definition) is 0. The van der Waals surface area contributed by atoms with Gasteiger partial charge in [-0.3, -0.25) is 0 Å². The van der Waals surface area contributed by atoms with E-state index in [0.717, 1.165) is 0 Å². The first-order chi connectivity index (χ1) is 10.7. The zero-order valence-electron chi connectivity index (χ0n) is 11.8. The molecule has 22 heavy (non-hydrogen) atoms. The number of carbonyl (C=O) groups excluding carboxylic acids is 1. The van der Waals surface area contributed by atoms with E-state index >= 15 is 0 Å². The molecule has 0 fully saturated rings. The van der Waals surface area contributed by atoms with Crippen LogP contribution >= 0.6 is 0 Å². The summed E-state index contributed by atoms with van der Waals surface area (Å²) >= 11 is 0. The summed E-state index contributed by atoms with van der Waals surface area (Å²) in [6.07, 6.45) is 5.90. The van der Waals surface area contributed by atoms with Gasteiger partial charge in [-0.1, -0.05) is 35.5 Å². The summed E-state index contributed by atoms with van der Waals surface area (Å²) in [6.45, 7) is 0. The summed E-state index contributed by atoms with van der Waals surface area (Å²) in [7, 11) is 1.32. The van der Waals surface area contributed by atoms with E-state index in [-0.39, 0.29) is 17.4 Å². The van der Waals surface area contributed by atoms with E-state index in [1.54, 1.807) is 30.4 Å². The smallest absolute Gasteiger partial charge is 0.337 e. The maximum Gasteiger partial charge on any atom is 0.337 e. The number of rotatable bonds is 3. The van der Waals surface area contributed by atoms with Gasteiger partial charge in [0.25, 0.3) is 5.89 Å². The van der Waals surface area contributed by atoms with E-state index in [9.17, 15) is 9.18 Å². The zero-order valence-corrected chi connectivity index (χ0v) is 11.8. The number of carbonyl (C=O) groups is 1. The highest BCUT2D eigenvalue weighted by atomic mass is 19.1. The third-order valence-electron chi connectivity index (χ3n) is 3.37. The number of allylic oxidation sites excluding steroid dienone is 2. The van der Waals surface area contributed by atoms with Crippen molar-refractivity contribution >= 4 is 5.97 Å². The highest BCUT2D eigenvalue weighted by Crippen LogP contribution is 2.28. The van der Waals surface area contributed by atoms with Gasteiger partial charge < -0.3 is 9.26 Å². The van der Waals surface area contributed by atoms with Crippen molar-refractivity contribution in [2.45, 2.75) is 12.3 Å². The number of halogens is 1. The third-order valence-corrected chi connectivity index (χ3v) is 3.37. The normalized spacial score (nSPS) is 17.2.